The number of hydrogen-bond donors (Lipinski definition) is 1. The fraction of sp³-hybridized carbons (Fsp3) is 0.179. The van der Waals surface area contributed by atoms with Crippen LogP contribution in [0.5, 0.6) is 5.75 Å². The van der Waals surface area contributed by atoms with Gasteiger partial charge in [0.25, 0.3) is 10.0 Å². The minimum Gasteiger partial charge on any atom is -0.505 e. The van der Waals surface area contributed by atoms with Crippen molar-refractivity contribution in [2.75, 3.05) is 0 Å². The molecule has 0 fully saturated rings. The molecule has 2 aromatic heterocycles. The quantitative estimate of drug-likeness (QED) is 0.324. The zero-order valence-electron chi connectivity index (χ0n) is 19.6. The maximum absolute atomic E-state index is 14.0. The first-order valence-electron chi connectivity index (χ1n) is 11.3. The lowest BCUT2D eigenvalue weighted by molar-refractivity contribution is 0.475. The van der Waals surface area contributed by atoms with Gasteiger partial charge in [0.05, 0.1) is 32.7 Å². The number of fused-ring (bicyclic) bond motifs is 3. The van der Waals surface area contributed by atoms with Crippen LogP contribution in [-0.4, -0.2) is 22.5 Å². The first kappa shape index (κ1) is 22.2. The highest BCUT2D eigenvalue weighted by Gasteiger charge is 2.28. The highest BCUT2D eigenvalue weighted by atomic mass is 32.2. The Labute approximate surface area is 199 Å². The minimum absolute atomic E-state index is 0.00777. The lowest BCUT2D eigenvalue weighted by atomic mass is 9.99. The zero-order valence-corrected chi connectivity index (χ0v) is 20.4. The zero-order chi connectivity index (χ0) is 24.2. The maximum Gasteiger partial charge on any atom is 0.268 e. The molecule has 0 bridgehead atoms. The van der Waals surface area contributed by atoms with Gasteiger partial charge in [0.2, 0.25) is 0 Å². The number of benzene rings is 3. The smallest absolute Gasteiger partial charge is 0.268 e. The van der Waals surface area contributed by atoms with Crippen molar-refractivity contribution in [1.82, 2.24) is 8.96 Å². The molecule has 0 spiro atoms. The second-order valence-electron chi connectivity index (χ2n) is 8.99. The first-order valence-corrected chi connectivity index (χ1v) is 12.7. The molecule has 5 aromatic rings. The Hall–Kier alpha value is -3.64. The van der Waals surface area contributed by atoms with E-state index in [0.29, 0.717) is 39.1 Å². The summed E-state index contributed by atoms with van der Waals surface area (Å²) < 4.78 is 29.4. The number of nitrogens with zero attached hydrogens (tertiary/aromatic N) is 2. The Morgan fingerprint density at radius 1 is 0.882 bits per heavy atom. The fourth-order valence-electron chi connectivity index (χ4n) is 4.41. The van der Waals surface area contributed by atoms with Crippen LogP contribution in [0.2, 0.25) is 0 Å². The van der Waals surface area contributed by atoms with Crippen LogP contribution in [0.15, 0.2) is 77.7 Å². The summed E-state index contributed by atoms with van der Waals surface area (Å²) in [5.41, 5.74) is 4.80. The van der Waals surface area contributed by atoms with Crippen LogP contribution in [0.3, 0.4) is 0 Å². The summed E-state index contributed by atoms with van der Waals surface area (Å²) in [5, 5.41) is 12.2. The topological polar surface area (TPSA) is 72.2 Å². The SMILES string of the molecule is Cc1ccc(S(=O)(=O)n2c3ccccc3c3c(O)c(C)nc(-c4ccc(C(C)C)cc4)c32)cc1. The molecule has 0 saturated carbocycles. The Balaban J connectivity index is 1.94. The van der Waals surface area contributed by atoms with E-state index in [4.69, 9.17) is 0 Å². The van der Waals surface area contributed by atoms with E-state index >= 15 is 0 Å². The van der Waals surface area contributed by atoms with Gasteiger partial charge in [-0.3, -0.25) is 0 Å². The molecule has 2 heterocycles. The summed E-state index contributed by atoms with van der Waals surface area (Å²) >= 11 is 0. The molecule has 6 heteroatoms. The molecule has 0 aliphatic rings. The summed E-state index contributed by atoms with van der Waals surface area (Å²) in [7, 11) is -3.98. The number of hydrogen-bond acceptors (Lipinski definition) is 4. The van der Waals surface area contributed by atoms with Crippen molar-refractivity contribution in [3.8, 4) is 17.0 Å². The lowest BCUT2D eigenvalue weighted by Gasteiger charge is -2.14. The highest BCUT2D eigenvalue weighted by Crippen LogP contribution is 2.42. The van der Waals surface area contributed by atoms with Crippen LogP contribution < -0.4 is 0 Å². The van der Waals surface area contributed by atoms with E-state index in [1.165, 1.54) is 9.54 Å². The highest BCUT2D eigenvalue weighted by molar-refractivity contribution is 7.90. The van der Waals surface area contributed by atoms with Gasteiger partial charge >= 0.3 is 0 Å². The Morgan fingerprint density at radius 3 is 2.18 bits per heavy atom. The van der Waals surface area contributed by atoms with Crippen LogP contribution >= 0.6 is 0 Å². The molecule has 0 atom stereocenters. The standard InChI is InChI=1S/C28H26N2O3S/c1-17(2)20-11-13-21(14-12-20)26-27-25(28(31)19(4)29-26)23-7-5-6-8-24(23)30(27)34(32,33)22-15-9-18(3)10-16-22/h5-17,31H,1-4H3. The predicted molar refractivity (Wildman–Crippen MR) is 137 cm³/mol. The van der Waals surface area contributed by atoms with Gasteiger partial charge < -0.3 is 5.11 Å². The minimum atomic E-state index is -3.98. The number of pyridine rings is 1. The number of aryl methyl sites for hydroxylation is 2. The first-order chi connectivity index (χ1) is 16.2. The molecular formula is C28H26N2O3S. The van der Waals surface area contributed by atoms with E-state index in [-0.39, 0.29) is 10.6 Å². The van der Waals surface area contributed by atoms with E-state index in [0.717, 1.165) is 11.1 Å². The second-order valence-corrected chi connectivity index (χ2v) is 10.8. The van der Waals surface area contributed by atoms with E-state index in [1.54, 1.807) is 43.3 Å². The Morgan fingerprint density at radius 2 is 1.53 bits per heavy atom. The number of aromatic nitrogens is 2. The molecule has 5 rings (SSSR count). The van der Waals surface area contributed by atoms with Crippen molar-refractivity contribution < 1.29 is 13.5 Å². The summed E-state index contributed by atoms with van der Waals surface area (Å²) in [6.07, 6.45) is 0. The summed E-state index contributed by atoms with van der Waals surface area (Å²) in [6.45, 7) is 7.91. The second kappa shape index (κ2) is 7.99. The van der Waals surface area contributed by atoms with Gasteiger partial charge in [0.1, 0.15) is 5.75 Å². The molecule has 172 valence electrons. The Bertz CT molecular complexity index is 1650. The van der Waals surface area contributed by atoms with Gasteiger partial charge in [-0.25, -0.2) is 17.4 Å². The average molecular weight is 471 g/mol. The third-order valence-corrected chi connectivity index (χ3v) is 8.05. The molecule has 0 radical (unpaired) electrons. The lowest BCUT2D eigenvalue weighted by Crippen LogP contribution is -2.13. The number of rotatable bonds is 4. The van der Waals surface area contributed by atoms with Crippen LogP contribution in [0, 0.1) is 13.8 Å². The fourth-order valence-corrected chi connectivity index (χ4v) is 5.94. The average Bonchev–Trinajstić information content (AvgIpc) is 3.18. The van der Waals surface area contributed by atoms with E-state index in [9.17, 15) is 13.5 Å². The van der Waals surface area contributed by atoms with Crippen molar-refractivity contribution in [2.45, 2.75) is 38.5 Å². The van der Waals surface area contributed by atoms with Crippen LogP contribution in [0.4, 0.5) is 0 Å². The van der Waals surface area contributed by atoms with E-state index in [2.05, 4.69) is 18.8 Å². The third kappa shape index (κ3) is 3.37. The van der Waals surface area contributed by atoms with Crippen LogP contribution in [-0.2, 0) is 10.0 Å². The van der Waals surface area contributed by atoms with Gasteiger partial charge in [-0.05, 0) is 43.5 Å². The molecule has 1 N–H and O–H groups in total. The van der Waals surface area contributed by atoms with Crippen LogP contribution in [0.1, 0.15) is 36.6 Å². The van der Waals surface area contributed by atoms with E-state index < -0.39 is 10.0 Å². The summed E-state index contributed by atoms with van der Waals surface area (Å²) in [5.74, 6) is 0.364. The van der Waals surface area contributed by atoms with Crippen molar-refractivity contribution in [3.05, 3.63) is 89.6 Å². The van der Waals surface area contributed by atoms with E-state index in [1.807, 2.05) is 43.3 Å². The Kier molecular flexibility index (Phi) is 5.21. The predicted octanol–water partition coefficient (Wildman–Crippen LogP) is 6.54. The number of para-hydroxylation sites is 1. The third-order valence-electron chi connectivity index (χ3n) is 6.33. The monoisotopic (exact) mass is 470 g/mol. The molecule has 0 aliphatic carbocycles. The largest absolute Gasteiger partial charge is 0.505 e. The van der Waals surface area contributed by atoms with Crippen molar-refractivity contribution in [1.29, 1.82) is 0 Å². The number of aromatic hydroxyl groups is 1. The maximum atomic E-state index is 14.0. The molecule has 3 aromatic carbocycles. The van der Waals surface area contributed by atoms with Gasteiger partial charge in [-0.1, -0.05) is 74.0 Å². The normalized spacial score (nSPS) is 12.1. The molecule has 0 aliphatic heterocycles. The van der Waals surface area contributed by atoms with Crippen molar-refractivity contribution in [3.63, 3.8) is 0 Å². The molecule has 0 unspecified atom stereocenters. The molecule has 0 saturated heterocycles. The van der Waals surface area contributed by atoms with Crippen molar-refractivity contribution in [2.24, 2.45) is 0 Å². The van der Waals surface area contributed by atoms with Gasteiger partial charge in [0, 0.05) is 10.9 Å². The summed E-state index contributed by atoms with van der Waals surface area (Å²) in [4.78, 5) is 4.87. The molecule has 34 heavy (non-hydrogen) atoms. The van der Waals surface area contributed by atoms with Gasteiger partial charge in [-0.2, -0.15) is 0 Å². The molecule has 0 amide bonds. The van der Waals surface area contributed by atoms with Gasteiger partial charge in [0.15, 0.2) is 0 Å². The van der Waals surface area contributed by atoms with Gasteiger partial charge in [-0.15, -0.1) is 0 Å². The molecule has 5 nitrogen and oxygen atoms in total. The van der Waals surface area contributed by atoms with Crippen molar-refractivity contribution >= 4 is 31.8 Å². The van der Waals surface area contributed by atoms with Crippen LogP contribution in [0.25, 0.3) is 33.1 Å². The molecular weight excluding hydrogens is 444 g/mol. The summed E-state index contributed by atoms with van der Waals surface area (Å²) in [6, 6.07) is 22.1.